The molecule has 0 saturated carbocycles. The number of anilines is 1. The summed E-state index contributed by atoms with van der Waals surface area (Å²) in [5.41, 5.74) is -0.914. The largest absolute Gasteiger partial charge is 0.417 e. The van der Waals surface area contributed by atoms with Gasteiger partial charge >= 0.3 is 16.3 Å². The molecule has 24 heavy (non-hydrogen) atoms. The number of benzene rings is 2. The van der Waals surface area contributed by atoms with Gasteiger partial charge in [-0.25, -0.2) is 0 Å². The van der Waals surface area contributed by atoms with E-state index in [1.54, 1.807) is 0 Å². The SMILES string of the molecule is CC(=O)Nc1ccc(OS(=O)(=O)c2ccccc2C(F)(F)F)cc1. The Hall–Kier alpha value is -2.55. The Kier molecular flexibility index (Phi) is 4.83. The number of nitrogens with one attached hydrogen (secondary N) is 1. The van der Waals surface area contributed by atoms with Gasteiger partial charge in [-0.1, -0.05) is 12.1 Å². The van der Waals surface area contributed by atoms with E-state index in [1.165, 1.54) is 37.3 Å². The molecule has 0 aliphatic rings. The van der Waals surface area contributed by atoms with E-state index in [1.807, 2.05) is 0 Å². The molecule has 0 unspecified atom stereocenters. The third-order valence-electron chi connectivity index (χ3n) is 2.84. The zero-order chi connectivity index (χ0) is 18.0. The number of carbonyl (C=O) groups is 1. The smallest absolute Gasteiger partial charge is 0.379 e. The van der Waals surface area contributed by atoms with Gasteiger partial charge in [-0.2, -0.15) is 21.6 Å². The second-order valence-electron chi connectivity index (χ2n) is 4.74. The molecule has 0 saturated heterocycles. The second-order valence-corrected chi connectivity index (χ2v) is 6.25. The van der Waals surface area contributed by atoms with Crippen molar-refractivity contribution in [3.63, 3.8) is 0 Å². The van der Waals surface area contributed by atoms with Gasteiger partial charge in [0.15, 0.2) is 0 Å². The fourth-order valence-corrected chi connectivity index (χ4v) is 3.04. The van der Waals surface area contributed by atoms with E-state index < -0.39 is 26.8 Å². The molecule has 128 valence electrons. The fraction of sp³-hybridized carbons (Fsp3) is 0.133. The number of amides is 1. The summed E-state index contributed by atoms with van der Waals surface area (Å²) in [4.78, 5) is 9.93. The summed E-state index contributed by atoms with van der Waals surface area (Å²) in [6.45, 7) is 1.29. The highest BCUT2D eigenvalue weighted by molar-refractivity contribution is 7.87. The maximum absolute atomic E-state index is 12.9. The average Bonchev–Trinajstić information content (AvgIpc) is 2.48. The molecule has 5 nitrogen and oxygen atoms in total. The summed E-state index contributed by atoms with van der Waals surface area (Å²) in [6.07, 6.45) is -4.83. The van der Waals surface area contributed by atoms with Crippen molar-refractivity contribution in [2.24, 2.45) is 0 Å². The standard InChI is InChI=1S/C15H12F3NO4S/c1-10(20)19-11-6-8-12(9-7-11)23-24(21,22)14-5-3-2-4-13(14)15(16,17)18/h2-9H,1H3,(H,19,20). The molecule has 2 aromatic carbocycles. The number of alkyl halides is 3. The number of halogens is 3. The molecule has 0 fully saturated rings. The normalized spacial score (nSPS) is 11.8. The van der Waals surface area contributed by atoms with Crippen LogP contribution in [0.5, 0.6) is 5.75 Å². The van der Waals surface area contributed by atoms with Crippen LogP contribution in [0.4, 0.5) is 18.9 Å². The van der Waals surface area contributed by atoms with E-state index in [0.717, 1.165) is 12.1 Å². The second kappa shape index (κ2) is 6.52. The maximum Gasteiger partial charge on any atom is 0.417 e. The molecule has 1 N–H and O–H groups in total. The first-order valence-electron chi connectivity index (χ1n) is 6.58. The maximum atomic E-state index is 12.9. The predicted molar refractivity (Wildman–Crippen MR) is 80.0 cm³/mol. The minimum atomic E-state index is -4.83. The first-order valence-corrected chi connectivity index (χ1v) is 7.99. The van der Waals surface area contributed by atoms with Crippen molar-refractivity contribution in [2.45, 2.75) is 18.0 Å². The van der Waals surface area contributed by atoms with Crippen molar-refractivity contribution in [1.29, 1.82) is 0 Å². The van der Waals surface area contributed by atoms with Crippen molar-refractivity contribution in [3.05, 3.63) is 54.1 Å². The molecule has 0 aromatic heterocycles. The highest BCUT2D eigenvalue weighted by Crippen LogP contribution is 2.35. The zero-order valence-electron chi connectivity index (χ0n) is 12.3. The van der Waals surface area contributed by atoms with Gasteiger partial charge in [0.2, 0.25) is 5.91 Å². The van der Waals surface area contributed by atoms with Gasteiger partial charge in [0, 0.05) is 12.6 Å². The van der Waals surface area contributed by atoms with Crippen LogP contribution < -0.4 is 9.50 Å². The van der Waals surface area contributed by atoms with Crippen LogP contribution in [0.25, 0.3) is 0 Å². The Bertz CT molecular complexity index is 846. The fourth-order valence-electron chi connectivity index (χ4n) is 1.89. The molecule has 2 rings (SSSR count). The van der Waals surface area contributed by atoms with E-state index in [2.05, 4.69) is 5.32 Å². The van der Waals surface area contributed by atoms with Gasteiger partial charge in [-0.3, -0.25) is 4.79 Å². The van der Waals surface area contributed by atoms with Crippen molar-refractivity contribution >= 4 is 21.7 Å². The molecule has 0 aliphatic carbocycles. The lowest BCUT2D eigenvalue weighted by Crippen LogP contribution is -2.17. The van der Waals surface area contributed by atoms with Gasteiger partial charge in [0.25, 0.3) is 0 Å². The Labute approximate surface area is 136 Å². The summed E-state index contributed by atoms with van der Waals surface area (Å²) in [5, 5.41) is 2.46. The van der Waals surface area contributed by atoms with Crippen LogP contribution in [-0.2, 0) is 21.1 Å². The van der Waals surface area contributed by atoms with Crippen LogP contribution in [-0.4, -0.2) is 14.3 Å². The molecular formula is C15H12F3NO4S. The molecule has 2 aromatic rings. The summed E-state index contributed by atoms with van der Waals surface area (Å²) in [6, 6.07) is 8.91. The Morgan fingerprint density at radius 3 is 2.17 bits per heavy atom. The monoisotopic (exact) mass is 359 g/mol. The lowest BCUT2D eigenvalue weighted by molar-refractivity contribution is -0.140. The third kappa shape index (κ3) is 4.25. The van der Waals surface area contributed by atoms with Crippen LogP contribution in [0.3, 0.4) is 0 Å². The first-order chi connectivity index (χ1) is 11.1. The highest BCUT2D eigenvalue weighted by atomic mass is 32.2. The lowest BCUT2D eigenvalue weighted by Gasteiger charge is -2.13. The van der Waals surface area contributed by atoms with Crippen molar-refractivity contribution in [3.8, 4) is 5.75 Å². The van der Waals surface area contributed by atoms with E-state index in [4.69, 9.17) is 4.18 Å². The van der Waals surface area contributed by atoms with Crippen LogP contribution in [0.1, 0.15) is 12.5 Å². The zero-order valence-corrected chi connectivity index (χ0v) is 13.1. The van der Waals surface area contributed by atoms with Crippen LogP contribution >= 0.6 is 0 Å². The van der Waals surface area contributed by atoms with E-state index in [-0.39, 0.29) is 11.7 Å². The summed E-state index contributed by atoms with van der Waals surface area (Å²) < 4.78 is 67.8. The molecule has 0 atom stereocenters. The minimum absolute atomic E-state index is 0.180. The Morgan fingerprint density at radius 1 is 1.04 bits per heavy atom. The van der Waals surface area contributed by atoms with Gasteiger partial charge in [-0.05, 0) is 36.4 Å². The number of hydrogen-bond donors (Lipinski definition) is 1. The number of hydrogen-bond acceptors (Lipinski definition) is 4. The van der Waals surface area contributed by atoms with Crippen molar-refractivity contribution < 1.29 is 30.6 Å². The molecule has 0 heterocycles. The molecule has 0 spiro atoms. The summed E-state index contributed by atoms with van der Waals surface area (Å²) >= 11 is 0. The lowest BCUT2D eigenvalue weighted by atomic mass is 10.2. The first kappa shape index (κ1) is 17.8. The molecular weight excluding hydrogens is 347 g/mol. The van der Waals surface area contributed by atoms with Crippen LogP contribution in [0.15, 0.2) is 53.4 Å². The molecule has 9 heteroatoms. The third-order valence-corrected chi connectivity index (χ3v) is 4.15. The highest BCUT2D eigenvalue weighted by Gasteiger charge is 2.37. The van der Waals surface area contributed by atoms with Crippen LogP contribution in [0, 0.1) is 0 Å². The summed E-state index contributed by atoms with van der Waals surface area (Å²) in [7, 11) is -4.67. The van der Waals surface area contributed by atoms with Gasteiger partial charge in [0.05, 0.1) is 5.56 Å². The number of carbonyl (C=O) groups excluding carboxylic acids is 1. The predicted octanol–water partition coefficient (Wildman–Crippen LogP) is 3.43. The van der Waals surface area contributed by atoms with E-state index in [0.29, 0.717) is 11.8 Å². The van der Waals surface area contributed by atoms with Gasteiger partial charge < -0.3 is 9.50 Å². The van der Waals surface area contributed by atoms with Gasteiger partial charge in [0.1, 0.15) is 10.6 Å². The van der Waals surface area contributed by atoms with Crippen LogP contribution in [0.2, 0.25) is 0 Å². The molecule has 0 bridgehead atoms. The number of rotatable bonds is 4. The molecule has 0 aliphatic heterocycles. The quantitative estimate of drug-likeness (QED) is 0.849. The van der Waals surface area contributed by atoms with Crippen molar-refractivity contribution in [1.82, 2.24) is 0 Å². The van der Waals surface area contributed by atoms with E-state index >= 15 is 0 Å². The molecule has 1 amide bonds. The Balaban J connectivity index is 2.31. The van der Waals surface area contributed by atoms with Gasteiger partial charge in [-0.15, -0.1) is 0 Å². The van der Waals surface area contributed by atoms with Crippen molar-refractivity contribution in [2.75, 3.05) is 5.32 Å². The Morgan fingerprint density at radius 2 is 1.62 bits per heavy atom. The topological polar surface area (TPSA) is 72.5 Å². The molecule has 0 radical (unpaired) electrons. The minimum Gasteiger partial charge on any atom is -0.379 e. The summed E-state index contributed by atoms with van der Waals surface area (Å²) in [5.74, 6) is -0.503. The average molecular weight is 359 g/mol. The van der Waals surface area contributed by atoms with E-state index in [9.17, 15) is 26.4 Å².